The summed E-state index contributed by atoms with van der Waals surface area (Å²) in [6.07, 6.45) is 5.48. The van der Waals surface area contributed by atoms with Crippen LogP contribution in [0.2, 0.25) is 5.02 Å². The largest absolute Gasteiger partial charge is 0.320 e. The van der Waals surface area contributed by atoms with E-state index >= 15 is 0 Å². The number of hydrogen-bond donors (Lipinski definition) is 1. The Hall–Kier alpha value is -1.39. The average molecular weight is 252 g/mol. The number of imidazole rings is 1. The molecule has 1 saturated carbocycles. The lowest BCUT2D eigenvalue weighted by atomic mass is 10.2. The molecule has 0 radical (unpaired) electrons. The van der Waals surface area contributed by atoms with Crippen LogP contribution in [0, 0.1) is 5.82 Å². The van der Waals surface area contributed by atoms with Gasteiger partial charge in [0.1, 0.15) is 5.82 Å². The molecular formula is C12H11ClFN3. The fourth-order valence-electron chi connectivity index (χ4n) is 1.76. The maximum absolute atomic E-state index is 13.0. The van der Waals surface area contributed by atoms with E-state index in [9.17, 15) is 4.39 Å². The van der Waals surface area contributed by atoms with Crippen molar-refractivity contribution in [1.29, 1.82) is 0 Å². The standard InChI is InChI=1S/C12H11ClFN3/c13-9-5-8(1-2-10(9)14)17-6-11(16-7-17)12(15)3-4-12/h1-2,5-7H,3-4,15H2. The molecule has 0 spiro atoms. The first kappa shape index (κ1) is 10.7. The number of hydrogen-bond acceptors (Lipinski definition) is 2. The zero-order chi connectivity index (χ0) is 12.0. The van der Waals surface area contributed by atoms with E-state index in [2.05, 4.69) is 4.98 Å². The van der Waals surface area contributed by atoms with E-state index in [1.807, 2.05) is 6.20 Å². The number of nitrogens with two attached hydrogens (primary N) is 1. The van der Waals surface area contributed by atoms with Gasteiger partial charge in [-0.3, -0.25) is 0 Å². The van der Waals surface area contributed by atoms with E-state index in [1.165, 1.54) is 6.07 Å². The van der Waals surface area contributed by atoms with Gasteiger partial charge in [0.2, 0.25) is 0 Å². The summed E-state index contributed by atoms with van der Waals surface area (Å²) < 4.78 is 14.8. The molecule has 1 heterocycles. The number of halogens is 2. The zero-order valence-corrected chi connectivity index (χ0v) is 9.78. The van der Waals surface area contributed by atoms with Crippen molar-refractivity contribution < 1.29 is 4.39 Å². The number of rotatable bonds is 2. The van der Waals surface area contributed by atoms with Gasteiger partial charge in [0, 0.05) is 11.9 Å². The molecule has 1 aromatic heterocycles. The summed E-state index contributed by atoms with van der Waals surface area (Å²) >= 11 is 5.74. The van der Waals surface area contributed by atoms with Crippen LogP contribution in [-0.4, -0.2) is 9.55 Å². The van der Waals surface area contributed by atoms with Gasteiger partial charge < -0.3 is 10.3 Å². The van der Waals surface area contributed by atoms with Crippen molar-refractivity contribution in [3.8, 4) is 5.69 Å². The fourth-order valence-corrected chi connectivity index (χ4v) is 1.93. The highest BCUT2D eigenvalue weighted by Gasteiger charge is 2.42. The van der Waals surface area contributed by atoms with E-state index in [-0.39, 0.29) is 10.6 Å². The molecular weight excluding hydrogens is 241 g/mol. The lowest BCUT2D eigenvalue weighted by Crippen LogP contribution is -2.18. The SMILES string of the molecule is NC1(c2cn(-c3ccc(F)c(Cl)c3)cn2)CC1. The second-order valence-electron chi connectivity index (χ2n) is 4.42. The number of nitrogens with zero attached hydrogens (tertiary/aromatic N) is 2. The molecule has 0 amide bonds. The zero-order valence-electron chi connectivity index (χ0n) is 9.03. The van der Waals surface area contributed by atoms with Gasteiger partial charge in [-0.1, -0.05) is 11.6 Å². The highest BCUT2D eigenvalue weighted by Crippen LogP contribution is 2.41. The highest BCUT2D eigenvalue weighted by atomic mass is 35.5. The van der Waals surface area contributed by atoms with Gasteiger partial charge in [0.15, 0.2) is 0 Å². The minimum absolute atomic E-state index is 0.103. The number of aromatic nitrogens is 2. The molecule has 1 aliphatic carbocycles. The second-order valence-corrected chi connectivity index (χ2v) is 4.83. The van der Waals surface area contributed by atoms with Crippen molar-refractivity contribution in [3.63, 3.8) is 0 Å². The van der Waals surface area contributed by atoms with E-state index in [1.54, 1.807) is 23.0 Å². The van der Waals surface area contributed by atoms with Crippen LogP contribution in [0.1, 0.15) is 18.5 Å². The summed E-state index contributed by atoms with van der Waals surface area (Å²) in [5.74, 6) is -0.423. The van der Waals surface area contributed by atoms with E-state index in [0.717, 1.165) is 24.2 Å². The quantitative estimate of drug-likeness (QED) is 0.892. The Morgan fingerprint density at radius 1 is 1.41 bits per heavy atom. The Bertz CT molecular complexity index is 575. The smallest absolute Gasteiger partial charge is 0.141 e. The topological polar surface area (TPSA) is 43.8 Å². The summed E-state index contributed by atoms with van der Waals surface area (Å²) in [4.78, 5) is 4.28. The molecule has 1 aromatic carbocycles. The van der Waals surface area contributed by atoms with Gasteiger partial charge in [0.05, 0.1) is 22.6 Å². The Labute approximate surface area is 103 Å². The van der Waals surface area contributed by atoms with Gasteiger partial charge in [0.25, 0.3) is 0 Å². The van der Waals surface area contributed by atoms with Crippen LogP contribution in [0.5, 0.6) is 0 Å². The average Bonchev–Trinajstić information content (AvgIpc) is 2.88. The van der Waals surface area contributed by atoms with Gasteiger partial charge in [-0.2, -0.15) is 0 Å². The van der Waals surface area contributed by atoms with Crippen LogP contribution >= 0.6 is 11.6 Å². The Morgan fingerprint density at radius 3 is 2.82 bits per heavy atom. The summed E-state index contributed by atoms with van der Waals surface area (Å²) in [5.41, 5.74) is 7.45. The normalized spacial score (nSPS) is 17.1. The third kappa shape index (κ3) is 1.83. The Balaban J connectivity index is 1.98. The molecule has 0 unspecified atom stereocenters. The molecule has 0 atom stereocenters. The van der Waals surface area contributed by atoms with Crippen LogP contribution in [0.3, 0.4) is 0 Å². The lowest BCUT2D eigenvalue weighted by Gasteiger charge is -2.04. The molecule has 2 aromatic rings. The van der Waals surface area contributed by atoms with Crippen LogP contribution in [-0.2, 0) is 5.54 Å². The monoisotopic (exact) mass is 251 g/mol. The minimum atomic E-state index is -0.423. The van der Waals surface area contributed by atoms with Crippen molar-refractivity contribution in [3.05, 3.63) is 47.3 Å². The molecule has 0 aliphatic heterocycles. The third-order valence-corrected chi connectivity index (χ3v) is 3.37. The molecule has 0 saturated heterocycles. The first-order valence-corrected chi connectivity index (χ1v) is 5.75. The molecule has 88 valence electrons. The van der Waals surface area contributed by atoms with Crippen LogP contribution in [0.15, 0.2) is 30.7 Å². The van der Waals surface area contributed by atoms with E-state index in [0.29, 0.717) is 0 Å². The Kier molecular flexibility index (Phi) is 2.24. The number of benzene rings is 1. The van der Waals surface area contributed by atoms with E-state index < -0.39 is 5.82 Å². The summed E-state index contributed by atoms with van der Waals surface area (Å²) in [7, 11) is 0. The minimum Gasteiger partial charge on any atom is -0.320 e. The van der Waals surface area contributed by atoms with Crippen LogP contribution in [0.25, 0.3) is 5.69 Å². The maximum atomic E-state index is 13.0. The van der Waals surface area contributed by atoms with E-state index in [4.69, 9.17) is 17.3 Å². The van der Waals surface area contributed by atoms with Crippen molar-refractivity contribution in [2.24, 2.45) is 5.73 Å². The first-order valence-electron chi connectivity index (χ1n) is 5.37. The van der Waals surface area contributed by atoms with Gasteiger partial charge in [-0.05, 0) is 31.0 Å². The second kappa shape index (κ2) is 3.55. The van der Waals surface area contributed by atoms with Gasteiger partial charge >= 0.3 is 0 Å². The molecule has 3 nitrogen and oxygen atoms in total. The summed E-state index contributed by atoms with van der Waals surface area (Å²) in [6.45, 7) is 0. The molecule has 1 aliphatic rings. The summed E-state index contributed by atoms with van der Waals surface area (Å²) in [6, 6.07) is 4.56. The fraction of sp³-hybridized carbons (Fsp3) is 0.250. The lowest BCUT2D eigenvalue weighted by molar-refractivity contribution is 0.628. The van der Waals surface area contributed by atoms with Crippen molar-refractivity contribution >= 4 is 11.6 Å². The first-order chi connectivity index (χ1) is 8.08. The van der Waals surface area contributed by atoms with Crippen LogP contribution in [0.4, 0.5) is 4.39 Å². The van der Waals surface area contributed by atoms with Gasteiger partial charge in [-0.15, -0.1) is 0 Å². The molecule has 0 bridgehead atoms. The Morgan fingerprint density at radius 2 is 2.18 bits per heavy atom. The molecule has 2 N–H and O–H groups in total. The molecule has 1 fully saturated rings. The molecule has 17 heavy (non-hydrogen) atoms. The highest BCUT2D eigenvalue weighted by molar-refractivity contribution is 6.30. The molecule has 3 rings (SSSR count). The predicted molar refractivity (Wildman–Crippen MR) is 63.6 cm³/mol. The van der Waals surface area contributed by atoms with Crippen molar-refractivity contribution in [2.45, 2.75) is 18.4 Å². The van der Waals surface area contributed by atoms with Crippen molar-refractivity contribution in [2.75, 3.05) is 0 Å². The van der Waals surface area contributed by atoms with Crippen molar-refractivity contribution in [1.82, 2.24) is 9.55 Å². The predicted octanol–water partition coefficient (Wildman–Crippen LogP) is 2.61. The third-order valence-electron chi connectivity index (χ3n) is 3.08. The summed E-state index contributed by atoms with van der Waals surface area (Å²) in [5, 5.41) is 0.103. The maximum Gasteiger partial charge on any atom is 0.141 e. The van der Waals surface area contributed by atoms with Crippen LogP contribution < -0.4 is 5.73 Å². The van der Waals surface area contributed by atoms with Gasteiger partial charge in [-0.25, -0.2) is 9.37 Å². The molecule has 5 heteroatoms.